The molecule has 1 aliphatic carbocycles. The lowest BCUT2D eigenvalue weighted by Crippen LogP contribution is -2.43. The van der Waals surface area contributed by atoms with Gasteiger partial charge in [0.25, 0.3) is 0 Å². The van der Waals surface area contributed by atoms with Crippen LogP contribution in [0.2, 0.25) is 0 Å². The molecule has 2 N–H and O–H groups in total. The Hall–Kier alpha value is -2.64. The maximum absolute atomic E-state index is 11.1. The summed E-state index contributed by atoms with van der Waals surface area (Å²) in [4.78, 5) is 2.19. The van der Waals surface area contributed by atoms with Gasteiger partial charge in [0.2, 0.25) is 13.6 Å². The van der Waals surface area contributed by atoms with Crippen LogP contribution in [0, 0.1) is 0 Å². The number of phenolic OH excluding ortho intramolecular Hbond substituents is 1. The molecular weight excluding hydrogens is 350 g/mol. The lowest BCUT2D eigenvalue weighted by molar-refractivity contribution is 0.0577. The fraction of sp³-hybridized carbons (Fsp3) is 0.400. The lowest BCUT2D eigenvalue weighted by Gasteiger charge is -2.46. The highest BCUT2D eigenvalue weighted by Gasteiger charge is 2.46. The van der Waals surface area contributed by atoms with E-state index in [4.69, 9.17) is 18.9 Å². The molecule has 27 heavy (non-hydrogen) atoms. The molecule has 2 aromatic rings. The predicted octanol–water partition coefficient (Wildman–Crippen LogP) is 2.04. The van der Waals surface area contributed by atoms with E-state index in [0.29, 0.717) is 24.5 Å². The quantitative estimate of drug-likeness (QED) is 0.735. The molecule has 3 aliphatic heterocycles. The van der Waals surface area contributed by atoms with Crippen LogP contribution >= 0.6 is 0 Å². The van der Waals surface area contributed by atoms with Gasteiger partial charge in [0, 0.05) is 35.7 Å². The van der Waals surface area contributed by atoms with Crippen LogP contribution in [0.5, 0.6) is 28.7 Å². The van der Waals surface area contributed by atoms with Gasteiger partial charge < -0.3 is 29.2 Å². The smallest absolute Gasteiger partial charge is 0.231 e. The number of ether oxygens (including phenoxy) is 4. The Kier molecular flexibility index (Phi) is 2.97. The number of hydrogen-bond acceptors (Lipinski definition) is 7. The van der Waals surface area contributed by atoms with Gasteiger partial charge in [0.1, 0.15) is 5.75 Å². The van der Waals surface area contributed by atoms with Crippen LogP contribution in [0.1, 0.15) is 34.2 Å². The van der Waals surface area contributed by atoms with Crippen molar-refractivity contribution in [3.05, 3.63) is 40.5 Å². The maximum Gasteiger partial charge on any atom is 0.231 e. The van der Waals surface area contributed by atoms with E-state index in [1.807, 2.05) is 19.2 Å². The van der Waals surface area contributed by atoms with Crippen LogP contribution in [0.3, 0.4) is 0 Å². The van der Waals surface area contributed by atoms with Gasteiger partial charge in [0.15, 0.2) is 23.0 Å². The van der Waals surface area contributed by atoms with Gasteiger partial charge in [-0.25, -0.2) is 0 Å². The Balaban J connectivity index is 1.56. The molecule has 7 nitrogen and oxygen atoms in total. The van der Waals surface area contributed by atoms with Crippen LogP contribution in [0.15, 0.2) is 18.2 Å². The van der Waals surface area contributed by atoms with Crippen molar-refractivity contribution in [1.82, 2.24) is 4.90 Å². The van der Waals surface area contributed by atoms with Crippen LogP contribution < -0.4 is 18.9 Å². The van der Waals surface area contributed by atoms with E-state index >= 15 is 0 Å². The van der Waals surface area contributed by atoms with Crippen molar-refractivity contribution in [2.24, 2.45) is 0 Å². The second-order valence-corrected chi connectivity index (χ2v) is 7.58. The molecule has 0 saturated heterocycles. The van der Waals surface area contributed by atoms with E-state index in [2.05, 4.69) is 4.90 Å². The summed E-state index contributed by atoms with van der Waals surface area (Å²) in [7, 11) is 2.03. The normalized spacial score (nSPS) is 27.1. The zero-order valence-electron chi connectivity index (χ0n) is 14.8. The highest BCUT2D eigenvalue weighted by atomic mass is 16.7. The zero-order chi connectivity index (χ0) is 18.3. The molecule has 0 spiro atoms. The van der Waals surface area contributed by atoms with E-state index in [1.54, 1.807) is 6.07 Å². The van der Waals surface area contributed by atoms with E-state index in [-0.39, 0.29) is 31.3 Å². The summed E-state index contributed by atoms with van der Waals surface area (Å²) in [6, 6.07) is 5.52. The minimum absolute atomic E-state index is 0.0722. The Morgan fingerprint density at radius 1 is 1.00 bits per heavy atom. The summed E-state index contributed by atoms with van der Waals surface area (Å²) in [5.41, 5.74) is 3.83. The second kappa shape index (κ2) is 5.21. The summed E-state index contributed by atoms with van der Waals surface area (Å²) in [6.45, 7) is 0.965. The van der Waals surface area contributed by atoms with Gasteiger partial charge in [0.05, 0.1) is 6.10 Å². The molecule has 0 saturated carbocycles. The molecule has 2 aromatic carbocycles. The van der Waals surface area contributed by atoms with Crippen molar-refractivity contribution in [3.63, 3.8) is 0 Å². The monoisotopic (exact) mass is 369 g/mol. The first-order valence-electron chi connectivity index (χ1n) is 9.07. The van der Waals surface area contributed by atoms with E-state index in [1.165, 1.54) is 0 Å². The predicted molar refractivity (Wildman–Crippen MR) is 93.5 cm³/mol. The van der Waals surface area contributed by atoms with Crippen LogP contribution in [-0.4, -0.2) is 41.9 Å². The number of hydrogen-bond donors (Lipinski definition) is 2. The average Bonchev–Trinajstić information content (AvgIpc) is 3.28. The first-order chi connectivity index (χ1) is 13.1. The maximum atomic E-state index is 11.1. The van der Waals surface area contributed by atoms with E-state index in [0.717, 1.165) is 33.8 Å². The molecule has 7 heteroatoms. The standard InChI is InChI=1S/C20H19NO6/c1-21-6-11-17(13(23)5-16-20(11)27-8-26-16)18-12(22)2-9-3-14-15(25-7-24-14)4-10(9)19(18)21/h3-5,12,18-19,22-23H,2,6-8H2,1H3/t12-,18-,19-/m0/s1. The molecule has 0 bridgehead atoms. The molecule has 3 atom stereocenters. The largest absolute Gasteiger partial charge is 0.508 e. The zero-order valence-corrected chi connectivity index (χ0v) is 14.8. The number of fused-ring (bicyclic) bond motifs is 8. The summed E-state index contributed by atoms with van der Waals surface area (Å²) in [5, 5.41) is 21.8. The molecule has 0 aromatic heterocycles. The van der Waals surface area contributed by atoms with E-state index in [9.17, 15) is 10.2 Å². The van der Waals surface area contributed by atoms with Crippen molar-refractivity contribution in [3.8, 4) is 28.7 Å². The van der Waals surface area contributed by atoms with Crippen molar-refractivity contribution in [2.45, 2.75) is 31.0 Å². The summed E-state index contributed by atoms with van der Waals surface area (Å²) in [6.07, 6.45) is -0.135. The highest BCUT2D eigenvalue weighted by molar-refractivity contribution is 5.62. The fourth-order valence-electron chi connectivity index (χ4n) is 5.06. The van der Waals surface area contributed by atoms with Gasteiger partial charge in [-0.05, 0) is 36.7 Å². The third-order valence-corrected chi connectivity index (χ3v) is 6.14. The molecule has 0 fully saturated rings. The Labute approximate surface area is 155 Å². The molecule has 0 unspecified atom stereocenters. The first-order valence-corrected chi connectivity index (χ1v) is 9.07. The van der Waals surface area contributed by atoms with Crippen molar-refractivity contribution >= 4 is 0 Å². The average molecular weight is 369 g/mol. The molecule has 140 valence electrons. The number of rotatable bonds is 0. The molecule has 0 radical (unpaired) electrons. The number of aliphatic hydroxyl groups is 1. The Morgan fingerprint density at radius 3 is 2.59 bits per heavy atom. The van der Waals surface area contributed by atoms with Crippen LogP contribution in [0.25, 0.3) is 0 Å². The molecule has 3 heterocycles. The van der Waals surface area contributed by atoms with Crippen LogP contribution in [0.4, 0.5) is 0 Å². The Bertz CT molecular complexity index is 974. The highest BCUT2D eigenvalue weighted by Crippen LogP contribution is 2.56. The van der Waals surface area contributed by atoms with Crippen LogP contribution in [-0.2, 0) is 13.0 Å². The fourth-order valence-corrected chi connectivity index (χ4v) is 5.06. The van der Waals surface area contributed by atoms with Crippen molar-refractivity contribution in [2.75, 3.05) is 20.6 Å². The van der Waals surface area contributed by atoms with Gasteiger partial charge >= 0.3 is 0 Å². The first kappa shape index (κ1) is 15.4. The number of nitrogens with zero attached hydrogens (tertiary/aromatic N) is 1. The summed E-state index contributed by atoms with van der Waals surface area (Å²) >= 11 is 0. The van der Waals surface area contributed by atoms with Crippen molar-refractivity contribution in [1.29, 1.82) is 0 Å². The second-order valence-electron chi connectivity index (χ2n) is 7.58. The lowest BCUT2D eigenvalue weighted by atomic mass is 9.70. The Morgan fingerprint density at radius 2 is 1.74 bits per heavy atom. The van der Waals surface area contributed by atoms with Gasteiger partial charge in [-0.2, -0.15) is 0 Å². The third kappa shape index (κ3) is 1.98. The van der Waals surface area contributed by atoms with Gasteiger partial charge in [-0.3, -0.25) is 4.90 Å². The topological polar surface area (TPSA) is 80.6 Å². The number of aromatic hydroxyl groups is 1. The molecule has 6 rings (SSSR count). The van der Waals surface area contributed by atoms with Gasteiger partial charge in [-0.15, -0.1) is 0 Å². The molecule has 0 amide bonds. The SMILES string of the molecule is CN1Cc2c3c(cc(O)c2[C@@H]2[C@@H](O)Cc4cc5c(cc4[C@@H]21)OCO5)OCO3. The third-order valence-electron chi connectivity index (χ3n) is 6.14. The molecular formula is C20H19NO6. The summed E-state index contributed by atoms with van der Waals surface area (Å²) in [5.74, 6) is 2.59. The summed E-state index contributed by atoms with van der Waals surface area (Å²) < 4.78 is 22.2. The molecule has 4 aliphatic rings. The minimum atomic E-state index is -0.629. The van der Waals surface area contributed by atoms with E-state index < -0.39 is 6.10 Å². The number of benzene rings is 2. The number of likely N-dealkylation sites (N-methyl/N-ethyl adjacent to an activating group) is 1. The van der Waals surface area contributed by atoms with Gasteiger partial charge in [-0.1, -0.05) is 0 Å². The number of aliphatic hydroxyl groups excluding tert-OH is 1. The number of phenols is 1. The van der Waals surface area contributed by atoms with Crippen molar-refractivity contribution < 1.29 is 29.2 Å². The minimum Gasteiger partial charge on any atom is -0.508 e.